The predicted octanol–water partition coefficient (Wildman–Crippen LogP) is 3.85. The zero-order valence-electron chi connectivity index (χ0n) is 17.6. The standard InChI is InChI=1S/C18H15F6NO10/c1-8-3-11(35-18(22,23)24)4-10-5-12(14(17(19,20)21)34-13(8)10)15(26)30-7-31-16(27)33-9(2)6-32-25(28)29/h3-5,9,14H,6-7H2,1-2H3/t9?,14-/m0/s1. The fourth-order valence-corrected chi connectivity index (χ4v) is 2.67. The van der Waals surface area contributed by atoms with Crippen LogP contribution in [-0.4, -0.2) is 55.4 Å². The number of halogens is 6. The van der Waals surface area contributed by atoms with E-state index in [1.807, 2.05) is 0 Å². The fraction of sp³-hybridized carbons (Fsp3) is 0.444. The van der Waals surface area contributed by atoms with Gasteiger partial charge >= 0.3 is 24.7 Å². The van der Waals surface area contributed by atoms with Crippen molar-refractivity contribution in [3.63, 3.8) is 0 Å². The number of rotatable bonds is 8. The molecule has 35 heavy (non-hydrogen) atoms. The molecule has 0 bridgehead atoms. The first-order chi connectivity index (χ1) is 16.1. The number of carbonyl (C=O) groups excluding carboxylic acids is 2. The van der Waals surface area contributed by atoms with E-state index in [9.17, 15) is 46.0 Å². The van der Waals surface area contributed by atoms with Gasteiger partial charge in [0.25, 0.3) is 5.09 Å². The summed E-state index contributed by atoms with van der Waals surface area (Å²) in [5.41, 5.74) is -1.63. The predicted molar refractivity (Wildman–Crippen MR) is 97.2 cm³/mol. The maximum absolute atomic E-state index is 13.5. The molecule has 1 unspecified atom stereocenters. The number of esters is 1. The Bertz CT molecular complexity index is 1010. The first kappa shape index (κ1) is 27.3. The highest BCUT2D eigenvalue weighted by atomic mass is 19.4. The van der Waals surface area contributed by atoms with E-state index in [1.54, 1.807) is 0 Å². The Balaban J connectivity index is 2.14. The summed E-state index contributed by atoms with van der Waals surface area (Å²) in [6.45, 7) is 0.471. The lowest BCUT2D eigenvalue weighted by Gasteiger charge is -2.29. The van der Waals surface area contributed by atoms with E-state index in [1.165, 1.54) is 13.8 Å². The van der Waals surface area contributed by atoms with Crippen LogP contribution in [-0.2, 0) is 23.8 Å². The van der Waals surface area contributed by atoms with Gasteiger partial charge in [0.15, 0.2) is 0 Å². The van der Waals surface area contributed by atoms with Crippen molar-refractivity contribution in [1.29, 1.82) is 0 Å². The third-order valence-corrected chi connectivity index (χ3v) is 3.95. The number of carbonyl (C=O) groups is 2. The second-order valence-corrected chi connectivity index (χ2v) is 6.74. The molecular weight excluding hydrogens is 504 g/mol. The maximum Gasteiger partial charge on any atom is 0.573 e. The van der Waals surface area contributed by atoms with Crippen LogP contribution in [0.25, 0.3) is 6.08 Å². The lowest BCUT2D eigenvalue weighted by Crippen LogP contribution is -2.41. The Hall–Kier alpha value is -3.92. The van der Waals surface area contributed by atoms with Crippen LogP contribution in [0.2, 0.25) is 0 Å². The van der Waals surface area contributed by atoms with Crippen LogP contribution in [0.15, 0.2) is 17.7 Å². The van der Waals surface area contributed by atoms with Crippen molar-refractivity contribution in [1.82, 2.24) is 0 Å². The van der Waals surface area contributed by atoms with Gasteiger partial charge in [-0.15, -0.1) is 23.3 Å². The second-order valence-electron chi connectivity index (χ2n) is 6.74. The average Bonchev–Trinajstić information content (AvgIpc) is 2.69. The summed E-state index contributed by atoms with van der Waals surface area (Å²) in [4.78, 5) is 37.7. The van der Waals surface area contributed by atoms with Crippen molar-refractivity contribution < 1.29 is 69.5 Å². The van der Waals surface area contributed by atoms with E-state index in [4.69, 9.17) is 4.74 Å². The number of benzene rings is 1. The Morgan fingerprint density at radius 2 is 1.83 bits per heavy atom. The first-order valence-corrected chi connectivity index (χ1v) is 9.20. The van der Waals surface area contributed by atoms with Gasteiger partial charge < -0.3 is 28.5 Å². The zero-order valence-corrected chi connectivity index (χ0v) is 17.6. The van der Waals surface area contributed by atoms with E-state index in [2.05, 4.69) is 23.8 Å². The summed E-state index contributed by atoms with van der Waals surface area (Å²) in [7, 11) is 0. The Morgan fingerprint density at radius 3 is 2.40 bits per heavy atom. The molecule has 1 aliphatic heterocycles. The van der Waals surface area contributed by atoms with Crippen molar-refractivity contribution >= 4 is 18.2 Å². The molecule has 11 nitrogen and oxygen atoms in total. The van der Waals surface area contributed by atoms with Crippen molar-refractivity contribution in [2.75, 3.05) is 13.4 Å². The molecule has 0 aliphatic carbocycles. The molecule has 0 saturated carbocycles. The summed E-state index contributed by atoms with van der Waals surface area (Å²) in [5.74, 6) is -2.88. The van der Waals surface area contributed by atoms with Crippen LogP contribution in [0, 0.1) is 17.0 Å². The molecule has 0 saturated heterocycles. The molecule has 1 aromatic carbocycles. The lowest BCUT2D eigenvalue weighted by molar-refractivity contribution is -0.759. The summed E-state index contributed by atoms with van der Waals surface area (Å²) >= 11 is 0. The minimum absolute atomic E-state index is 0.138. The van der Waals surface area contributed by atoms with Gasteiger partial charge in [-0.3, -0.25) is 0 Å². The highest BCUT2D eigenvalue weighted by molar-refractivity contribution is 5.96. The number of aryl methyl sites for hydroxylation is 1. The molecule has 2 atom stereocenters. The third-order valence-electron chi connectivity index (χ3n) is 3.95. The Morgan fingerprint density at radius 1 is 1.17 bits per heavy atom. The van der Waals surface area contributed by atoms with Gasteiger partial charge in [-0.05, 0) is 37.6 Å². The van der Waals surface area contributed by atoms with Crippen LogP contribution in [0.4, 0.5) is 31.1 Å². The number of nitrogens with zero attached hydrogens (tertiary/aromatic N) is 1. The Labute approximate surface area is 191 Å². The summed E-state index contributed by atoms with van der Waals surface area (Å²) in [6, 6.07) is 1.51. The molecule has 17 heteroatoms. The Kier molecular flexibility index (Phi) is 8.24. The normalized spacial score (nSPS) is 16.1. The van der Waals surface area contributed by atoms with Gasteiger partial charge in [0.05, 0.1) is 5.57 Å². The van der Waals surface area contributed by atoms with Crippen LogP contribution >= 0.6 is 0 Å². The SMILES string of the molecule is Cc1cc(OC(F)(F)F)cc2c1O[C@H](C(F)(F)F)C(C(=O)OCOC(=O)OC(C)CO[N+](=O)[O-])=C2. The third kappa shape index (κ3) is 8.11. The monoisotopic (exact) mass is 519 g/mol. The number of ether oxygens (including phenoxy) is 5. The van der Waals surface area contributed by atoms with E-state index in [-0.39, 0.29) is 11.1 Å². The van der Waals surface area contributed by atoms with E-state index in [0.29, 0.717) is 12.1 Å². The molecule has 0 amide bonds. The molecule has 0 aromatic heterocycles. The van der Waals surface area contributed by atoms with Gasteiger partial charge in [-0.2, -0.15) is 13.2 Å². The average molecular weight is 519 g/mol. The van der Waals surface area contributed by atoms with E-state index in [0.717, 1.165) is 6.07 Å². The van der Waals surface area contributed by atoms with Crippen molar-refractivity contribution in [2.24, 2.45) is 0 Å². The molecule has 1 aliphatic rings. The van der Waals surface area contributed by atoms with Gasteiger partial charge in [0.1, 0.15) is 24.2 Å². The maximum atomic E-state index is 13.5. The molecule has 0 spiro atoms. The summed E-state index contributed by atoms with van der Waals surface area (Å²) in [6.07, 6.45) is -15.1. The van der Waals surface area contributed by atoms with Gasteiger partial charge in [-0.25, -0.2) is 9.59 Å². The zero-order chi connectivity index (χ0) is 26.6. The number of fused-ring (bicyclic) bond motifs is 1. The smallest absolute Gasteiger partial charge is 0.475 e. The molecule has 0 radical (unpaired) electrons. The molecule has 1 aromatic rings. The van der Waals surface area contributed by atoms with Crippen molar-refractivity contribution in [3.05, 3.63) is 38.9 Å². The largest absolute Gasteiger partial charge is 0.573 e. The summed E-state index contributed by atoms with van der Waals surface area (Å²) < 4.78 is 99.9. The second kappa shape index (κ2) is 10.6. The first-order valence-electron chi connectivity index (χ1n) is 9.20. The van der Waals surface area contributed by atoms with Crippen LogP contribution < -0.4 is 9.47 Å². The molecular formula is C18H15F6NO10. The molecule has 0 N–H and O–H groups in total. The number of hydrogen-bond donors (Lipinski definition) is 0. The van der Waals surface area contributed by atoms with Crippen molar-refractivity contribution in [2.45, 2.75) is 38.6 Å². The minimum atomic E-state index is -5.14. The quantitative estimate of drug-likeness (QED) is 0.164. The van der Waals surface area contributed by atoms with Crippen LogP contribution in [0.1, 0.15) is 18.1 Å². The van der Waals surface area contributed by atoms with E-state index >= 15 is 0 Å². The van der Waals surface area contributed by atoms with E-state index < -0.39 is 72.4 Å². The fourth-order valence-electron chi connectivity index (χ4n) is 2.67. The van der Waals surface area contributed by atoms with Crippen LogP contribution in [0.5, 0.6) is 11.5 Å². The molecule has 2 rings (SSSR count). The lowest BCUT2D eigenvalue weighted by atomic mass is 9.99. The number of alkyl halides is 6. The van der Waals surface area contributed by atoms with Crippen LogP contribution in [0.3, 0.4) is 0 Å². The van der Waals surface area contributed by atoms with Gasteiger partial charge in [0, 0.05) is 5.56 Å². The highest BCUT2D eigenvalue weighted by Crippen LogP contribution is 2.41. The highest BCUT2D eigenvalue weighted by Gasteiger charge is 2.49. The number of hydrogen-bond acceptors (Lipinski definition) is 10. The molecule has 194 valence electrons. The summed E-state index contributed by atoms with van der Waals surface area (Å²) in [5, 5.41) is 8.91. The molecule has 0 fully saturated rings. The topological polar surface area (TPSA) is 133 Å². The van der Waals surface area contributed by atoms with Gasteiger partial charge in [0.2, 0.25) is 12.9 Å². The van der Waals surface area contributed by atoms with Gasteiger partial charge in [-0.1, -0.05) is 0 Å². The van der Waals surface area contributed by atoms with Crippen molar-refractivity contribution in [3.8, 4) is 11.5 Å². The minimum Gasteiger partial charge on any atom is -0.475 e. The molecule has 1 heterocycles.